The van der Waals surface area contributed by atoms with Crippen molar-refractivity contribution in [3.63, 3.8) is 0 Å². The fourth-order valence-corrected chi connectivity index (χ4v) is 6.24. The Balaban J connectivity index is 2.08. The predicted octanol–water partition coefficient (Wildman–Crippen LogP) is 5.31. The number of halogens is 2. The van der Waals surface area contributed by atoms with Crippen molar-refractivity contribution in [2.24, 2.45) is 0 Å². The van der Waals surface area contributed by atoms with Gasteiger partial charge in [-0.2, -0.15) is 0 Å². The van der Waals surface area contributed by atoms with Gasteiger partial charge in [-0.1, -0.05) is 36.4 Å². The molecule has 0 bridgehead atoms. The zero-order valence-electron chi connectivity index (χ0n) is 20.2. The Labute approximate surface area is 212 Å². The van der Waals surface area contributed by atoms with Crippen LogP contribution in [0.4, 0.5) is 8.78 Å². The van der Waals surface area contributed by atoms with Gasteiger partial charge < -0.3 is 9.29 Å². The summed E-state index contributed by atoms with van der Waals surface area (Å²) in [6, 6.07) is 16.9. The molecular weight excluding hydrogens is 506 g/mol. The summed E-state index contributed by atoms with van der Waals surface area (Å²) in [5.74, 6) is -2.40. The Kier molecular flexibility index (Phi) is 7.16. The highest BCUT2D eigenvalue weighted by atomic mass is 32.2. The maximum Gasteiger partial charge on any atom is 0.268 e. The monoisotopic (exact) mass is 532 g/mol. The van der Waals surface area contributed by atoms with Crippen molar-refractivity contribution in [2.75, 3.05) is 7.11 Å². The molecule has 6 nitrogen and oxygen atoms in total. The second-order valence-electron chi connectivity index (χ2n) is 9.12. The molecule has 0 radical (unpaired) electrons. The molecule has 4 aromatic rings. The van der Waals surface area contributed by atoms with Crippen molar-refractivity contribution in [1.82, 2.24) is 8.69 Å². The van der Waals surface area contributed by atoms with Crippen molar-refractivity contribution in [2.45, 2.75) is 36.5 Å². The molecule has 0 fully saturated rings. The zero-order chi connectivity index (χ0) is 26.3. The van der Waals surface area contributed by atoms with Crippen LogP contribution in [0.3, 0.4) is 0 Å². The van der Waals surface area contributed by atoms with E-state index in [4.69, 9.17) is 4.74 Å². The van der Waals surface area contributed by atoms with Crippen LogP contribution in [0.1, 0.15) is 38.1 Å². The van der Waals surface area contributed by atoms with Gasteiger partial charge in [0.2, 0.25) is 0 Å². The minimum absolute atomic E-state index is 0.00924. The van der Waals surface area contributed by atoms with Crippen LogP contribution in [-0.2, 0) is 21.4 Å². The van der Waals surface area contributed by atoms with Crippen LogP contribution in [0.25, 0.3) is 10.9 Å². The van der Waals surface area contributed by atoms with Crippen molar-refractivity contribution >= 4 is 32.3 Å². The Morgan fingerprint density at radius 1 is 1.00 bits per heavy atom. The third-order valence-electron chi connectivity index (χ3n) is 5.65. The lowest BCUT2D eigenvalue weighted by Gasteiger charge is -2.29. The summed E-state index contributed by atoms with van der Waals surface area (Å²) in [6.45, 7) is 5.13. The molecule has 0 aliphatic rings. The number of methoxy groups -OCH3 is 1. The van der Waals surface area contributed by atoms with Gasteiger partial charge in [0.05, 0.1) is 28.8 Å². The molecule has 10 heteroatoms. The number of nitrogens with zero attached hydrogens (tertiary/aromatic N) is 1. The maximum atomic E-state index is 15.4. The highest BCUT2D eigenvalue weighted by molar-refractivity contribution is 7.91. The van der Waals surface area contributed by atoms with Crippen LogP contribution < -0.4 is 9.46 Å². The number of nitrogens with one attached hydrogen (secondary N) is 1. The van der Waals surface area contributed by atoms with Gasteiger partial charge in [-0.05, 0) is 57.2 Å². The van der Waals surface area contributed by atoms with Crippen molar-refractivity contribution in [1.29, 1.82) is 0 Å². The lowest BCUT2D eigenvalue weighted by Crippen LogP contribution is -2.42. The SMILES string of the molecule is COc1ccc(F)c(F)c1[C@@H](N[S+]([O-])C(C)(C)C)c1cc2ccccc2n1S(=O)(=O)c1ccccc1. The molecule has 3 aromatic carbocycles. The maximum absolute atomic E-state index is 15.4. The molecule has 0 aliphatic carbocycles. The summed E-state index contributed by atoms with van der Waals surface area (Å²) in [6.07, 6.45) is 0. The highest BCUT2D eigenvalue weighted by Gasteiger charge is 2.38. The number of fused-ring (bicyclic) bond motifs is 1. The fraction of sp³-hybridized carbons (Fsp3) is 0.231. The van der Waals surface area contributed by atoms with E-state index in [1.807, 2.05) is 0 Å². The number of para-hydroxylation sites is 1. The number of rotatable bonds is 7. The third-order valence-corrected chi connectivity index (χ3v) is 8.97. The van der Waals surface area contributed by atoms with E-state index in [1.54, 1.807) is 69.3 Å². The molecule has 0 spiro atoms. The number of ether oxygens (including phenoxy) is 1. The van der Waals surface area contributed by atoms with E-state index in [9.17, 15) is 17.4 Å². The van der Waals surface area contributed by atoms with Crippen LogP contribution in [0.2, 0.25) is 0 Å². The van der Waals surface area contributed by atoms with Crippen LogP contribution >= 0.6 is 0 Å². The van der Waals surface area contributed by atoms with Crippen LogP contribution in [0, 0.1) is 11.6 Å². The van der Waals surface area contributed by atoms with Gasteiger partial charge >= 0.3 is 0 Å². The minimum Gasteiger partial charge on any atom is -0.598 e. The van der Waals surface area contributed by atoms with E-state index < -0.39 is 43.8 Å². The molecule has 36 heavy (non-hydrogen) atoms. The predicted molar refractivity (Wildman–Crippen MR) is 137 cm³/mol. The van der Waals surface area contributed by atoms with E-state index in [2.05, 4.69) is 4.72 Å². The molecule has 1 heterocycles. The highest BCUT2D eigenvalue weighted by Crippen LogP contribution is 2.39. The fourth-order valence-electron chi connectivity index (χ4n) is 3.86. The lowest BCUT2D eigenvalue weighted by atomic mass is 10.0. The molecule has 0 amide bonds. The first kappa shape index (κ1) is 26.2. The Bertz CT molecular complexity index is 1500. The van der Waals surface area contributed by atoms with Crippen molar-refractivity contribution in [3.8, 4) is 5.75 Å². The van der Waals surface area contributed by atoms with Gasteiger partial charge in [-0.3, -0.25) is 0 Å². The van der Waals surface area contributed by atoms with Gasteiger partial charge in [0.15, 0.2) is 11.6 Å². The first-order valence-electron chi connectivity index (χ1n) is 11.1. The van der Waals surface area contributed by atoms with Crippen LogP contribution in [-0.4, -0.2) is 28.8 Å². The lowest BCUT2D eigenvalue weighted by molar-refractivity contribution is 0.392. The van der Waals surface area contributed by atoms with E-state index >= 15 is 4.39 Å². The topological polar surface area (TPSA) is 83.4 Å². The van der Waals surface area contributed by atoms with Gasteiger partial charge in [0.25, 0.3) is 10.0 Å². The Morgan fingerprint density at radius 2 is 1.64 bits per heavy atom. The zero-order valence-corrected chi connectivity index (χ0v) is 21.8. The summed E-state index contributed by atoms with van der Waals surface area (Å²) in [5, 5.41) is 0.552. The van der Waals surface area contributed by atoms with E-state index in [1.165, 1.54) is 25.3 Å². The first-order chi connectivity index (χ1) is 17.0. The largest absolute Gasteiger partial charge is 0.598 e. The van der Waals surface area contributed by atoms with Crippen molar-refractivity contribution < 1.29 is 26.5 Å². The summed E-state index contributed by atoms with van der Waals surface area (Å²) in [4.78, 5) is 0.00924. The third kappa shape index (κ3) is 4.73. The molecule has 0 aliphatic heterocycles. The average molecular weight is 533 g/mol. The molecule has 1 unspecified atom stereocenters. The van der Waals surface area contributed by atoms with Gasteiger partial charge in [-0.25, -0.2) is 21.2 Å². The second kappa shape index (κ2) is 9.85. The van der Waals surface area contributed by atoms with E-state index in [0.29, 0.717) is 10.9 Å². The number of hydrogen-bond donors (Lipinski definition) is 1. The number of benzene rings is 3. The summed E-state index contributed by atoms with van der Waals surface area (Å²) < 4.78 is 79.4. The number of aromatic nitrogens is 1. The second-order valence-corrected chi connectivity index (χ2v) is 12.9. The standard InChI is InChI=1S/C26H26F2N2O4S2/c1-26(2,3)35(31)29-25(23-22(34-4)15-14-19(27)24(23)28)21-16-17-10-8-9-13-20(17)30(21)36(32,33)18-11-6-5-7-12-18/h5-16,25,29H,1-4H3/t25-,35?/m0/s1. The smallest absolute Gasteiger partial charge is 0.268 e. The molecule has 1 aromatic heterocycles. The Morgan fingerprint density at radius 3 is 2.28 bits per heavy atom. The molecule has 4 rings (SSSR count). The summed E-state index contributed by atoms with van der Waals surface area (Å²) in [5.41, 5.74) is 0.100. The Hall–Kier alpha value is -2.92. The minimum atomic E-state index is -4.20. The van der Waals surface area contributed by atoms with Crippen LogP contribution in [0.5, 0.6) is 5.75 Å². The number of hydrogen-bond acceptors (Lipinski definition) is 5. The molecule has 0 saturated carbocycles. The summed E-state index contributed by atoms with van der Waals surface area (Å²) in [7, 11) is -2.90. The first-order valence-corrected chi connectivity index (χ1v) is 13.7. The van der Waals surface area contributed by atoms with E-state index in [0.717, 1.165) is 10.0 Å². The normalized spacial score (nSPS) is 14.1. The van der Waals surface area contributed by atoms with Crippen molar-refractivity contribution in [3.05, 3.63) is 95.7 Å². The molecular formula is C26H26F2N2O4S2. The summed E-state index contributed by atoms with van der Waals surface area (Å²) >= 11 is -1.80. The molecule has 0 saturated heterocycles. The molecule has 190 valence electrons. The van der Waals surface area contributed by atoms with E-state index in [-0.39, 0.29) is 21.9 Å². The quantitative estimate of drug-likeness (QED) is 0.326. The van der Waals surface area contributed by atoms with Gasteiger partial charge in [0, 0.05) is 16.7 Å². The average Bonchev–Trinajstić information content (AvgIpc) is 3.24. The molecule has 2 atom stereocenters. The molecule has 1 N–H and O–H groups in total. The van der Waals surface area contributed by atoms with Gasteiger partial charge in [0.1, 0.15) is 16.5 Å². The van der Waals surface area contributed by atoms with Gasteiger partial charge in [-0.15, -0.1) is 4.72 Å². The van der Waals surface area contributed by atoms with Crippen LogP contribution in [0.15, 0.2) is 77.7 Å².